The summed E-state index contributed by atoms with van der Waals surface area (Å²) in [6.45, 7) is 0. The van der Waals surface area contributed by atoms with E-state index >= 15 is 0 Å². The van der Waals surface area contributed by atoms with E-state index in [9.17, 15) is 4.39 Å². The number of rotatable bonds is 1. The molecule has 0 saturated heterocycles. The van der Waals surface area contributed by atoms with Crippen molar-refractivity contribution in [3.63, 3.8) is 0 Å². The van der Waals surface area contributed by atoms with Crippen molar-refractivity contribution in [2.24, 2.45) is 5.92 Å². The van der Waals surface area contributed by atoms with E-state index in [1.807, 2.05) is 12.1 Å². The Kier molecular flexibility index (Phi) is 3.11. The predicted molar refractivity (Wildman–Crippen MR) is 86.9 cm³/mol. The lowest BCUT2D eigenvalue weighted by Gasteiger charge is -2.38. The van der Waals surface area contributed by atoms with Crippen LogP contribution in [0.2, 0.25) is 0 Å². The van der Waals surface area contributed by atoms with Gasteiger partial charge in [-0.25, -0.2) is 4.39 Å². The highest BCUT2D eigenvalue weighted by Gasteiger charge is 2.38. The first-order valence-corrected chi connectivity index (χ1v) is 8.00. The largest absolute Gasteiger partial charge is 0.377 e. The molecular weight excluding hydrogens is 329 g/mol. The standard InChI is InChI=1S/C18H15BrFN/c19-16-9-3-8-15-13-6-2-7-14(13)17(21-18(15)16)11-4-1-5-12(20)10-11/h1-6,8-10,13-14,17,21H,7H2/t13-,14+,17-/m0/s1. The van der Waals surface area contributed by atoms with E-state index in [0.717, 1.165) is 22.1 Å². The molecule has 0 aromatic heterocycles. The first-order valence-electron chi connectivity index (χ1n) is 7.21. The van der Waals surface area contributed by atoms with Gasteiger partial charge in [0, 0.05) is 10.4 Å². The normalized spacial score (nSPS) is 26.1. The van der Waals surface area contributed by atoms with Crippen molar-refractivity contribution in [1.82, 2.24) is 0 Å². The molecule has 106 valence electrons. The van der Waals surface area contributed by atoms with Crippen LogP contribution in [0.25, 0.3) is 0 Å². The van der Waals surface area contributed by atoms with E-state index in [1.165, 1.54) is 11.6 Å². The third-order valence-electron chi connectivity index (χ3n) is 4.55. The molecule has 3 atom stereocenters. The zero-order valence-electron chi connectivity index (χ0n) is 11.4. The lowest BCUT2D eigenvalue weighted by Crippen LogP contribution is -2.29. The molecule has 1 heterocycles. The Morgan fingerprint density at radius 1 is 1.14 bits per heavy atom. The summed E-state index contributed by atoms with van der Waals surface area (Å²) in [6.07, 6.45) is 5.58. The molecule has 1 aliphatic heterocycles. The van der Waals surface area contributed by atoms with Gasteiger partial charge in [-0.05, 0) is 57.6 Å². The molecule has 3 heteroatoms. The topological polar surface area (TPSA) is 12.0 Å². The van der Waals surface area contributed by atoms with Crippen molar-refractivity contribution in [2.45, 2.75) is 18.4 Å². The molecular formula is C18H15BrFN. The van der Waals surface area contributed by atoms with Crippen molar-refractivity contribution < 1.29 is 4.39 Å². The molecule has 1 nitrogen and oxygen atoms in total. The minimum atomic E-state index is -0.172. The highest BCUT2D eigenvalue weighted by molar-refractivity contribution is 9.10. The van der Waals surface area contributed by atoms with Gasteiger partial charge in [-0.3, -0.25) is 0 Å². The SMILES string of the molecule is Fc1cccc([C@@H]2Nc3c(Br)cccc3[C@H]3C=CC[C@H]32)c1. The van der Waals surface area contributed by atoms with Gasteiger partial charge in [0.05, 0.1) is 11.7 Å². The van der Waals surface area contributed by atoms with Gasteiger partial charge < -0.3 is 5.32 Å². The maximum Gasteiger partial charge on any atom is 0.123 e. The number of benzene rings is 2. The number of anilines is 1. The highest BCUT2D eigenvalue weighted by Crippen LogP contribution is 2.51. The second-order valence-electron chi connectivity index (χ2n) is 5.73. The quantitative estimate of drug-likeness (QED) is 0.682. The van der Waals surface area contributed by atoms with Crippen molar-refractivity contribution in [3.8, 4) is 0 Å². The van der Waals surface area contributed by atoms with Crippen LogP contribution in [0.4, 0.5) is 10.1 Å². The maximum atomic E-state index is 13.6. The Labute approximate surface area is 132 Å². The van der Waals surface area contributed by atoms with Crippen molar-refractivity contribution in [2.75, 3.05) is 5.32 Å². The van der Waals surface area contributed by atoms with Crippen LogP contribution in [-0.2, 0) is 0 Å². The average Bonchev–Trinajstić information content (AvgIpc) is 2.96. The molecule has 21 heavy (non-hydrogen) atoms. The number of para-hydroxylation sites is 1. The number of allylic oxidation sites excluding steroid dienone is 2. The number of halogens is 2. The fourth-order valence-corrected chi connectivity index (χ4v) is 4.11. The van der Waals surface area contributed by atoms with Gasteiger partial charge in [0.25, 0.3) is 0 Å². The summed E-state index contributed by atoms with van der Waals surface area (Å²) < 4.78 is 14.7. The van der Waals surface area contributed by atoms with Crippen LogP contribution in [0.1, 0.15) is 29.5 Å². The Morgan fingerprint density at radius 2 is 2.00 bits per heavy atom. The van der Waals surface area contributed by atoms with Crippen molar-refractivity contribution in [1.29, 1.82) is 0 Å². The third kappa shape index (κ3) is 2.11. The molecule has 0 amide bonds. The van der Waals surface area contributed by atoms with Gasteiger partial charge >= 0.3 is 0 Å². The fraction of sp³-hybridized carbons (Fsp3) is 0.222. The Morgan fingerprint density at radius 3 is 2.86 bits per heavy atom. The van der Waals surface area contributed by atoms with E-state index in [4.69, 9.17) is 0 Å². The second-order valence-corrected chi connectivity index (χ2v) is 6.59. The summed E-state index contributed by atoms with van der Waals surface area (Å²) in [6, 6.07) is 13.4. The first kappa shape index (κ1) is 13.1. The number of nitrogens with one attached hydrogen (secondary N) is 1. The zero-order chi connectivity index (χ0) is 14.4. The summed E-state index contributed by atoms with van der Waals surface area (Å²) in [5, 5.41) is 3.63. The van der Waals surface area contributed by atoms with Gasteiger partial charge in [0.15, 0.2) is 0 Å². The van der Waals surface area contributed by atoms with E-state index < -0.39 is 0 Å². The summed E-state index contributed by atoms with van der Waals surface area (Å²) in [7, 11) is 0. The zero-order valence-corrected chi connectivity index (χ0v) is 13.0. The molecule has 2 aromatic carbocycles. The molecule has 0 saturated carbocycles. The van der Waals surface area contributed by atoms with E-state index in [2.05, 4.69) is 45.5 Å². The molecule has 2 aliphatic rings. The number of fused-ring (bicyclic) bond motifs is 3. The van der Waals surface area contributed by atoms with Gasteiger partial charge in [0.2, 0.25) is 0 Å². The molecule has 2 aromatic rings. The molecule has 0 unspecified atom stereocenters. The average molecular weight is 344 g/mol. The number of hydrogen-bond acceptors (Lipinski definition) is 1. The van der Waals surface area contributed by atoms with Gasteiger partial charge in [0.1, 0.15) is 5.82 Å². The summed E-state index contributed by atoms with van der Waals surface area (Å²) in [5.41, 5.74) is 3.49. The van der Waals surface area contributed by atoms with Crippen LogP contribution in [-0.4, -0.2) is 0 Å². The summed E-state index contributed by atoms with van der Waals surface area (Å²) in [5.74, 6) is 0.690. The van der Waals surface area contributed by atoms with Crippen LogP contribution in [0.15, 0.2) is 59.1 Å². The molecule has 1 aliphatic carbocycles. The van der Waals surface area contributed by atoms with Crippen molar-refractivity contribution in [3.05, 3.63) is 76.0 Å². The Bertz CT molecular complexity index is 725. The van der Waals surface area contributed by atoms with Gasteiger partial charge in [-0.1, -0.05) is 36.4 Å². The molecule has 1 N–H and O–H groups in total. The lowest BCUT2D eigenvalue weighted by molar-refractivity contribution is 0.424. The minimum Gasteiger partial charge on any atom is -0.377 e. The first-order chi connectivity index (χ1) is 10.2. The summed E-state index contributed by atoms with van der Waals surface area (Å²) >= 11 is 3.63. The smallest absolute Gasteiger partial charge is 0.123 e. The van der Waals surface area contributed by atoms with Gasteiger partial charge in [-0.2, -0.15) is 0 Å². The maximum absolute atomic E-state index is 13.6. The molecule has 0 bridgehead atoms. The van der Waals surface area contributed by atoms with E-state index in [1.54, 1.807) is 12.1 Å². The Balaban J connectivity index is 1.83. The van der Waals surface area contributed by atoms with Gasteiger partial charge in [-0.15, -0.1) is 0 Å². The fourth-order valence-electron chi connectivity index (χ4n) is 3.61. The second kappa shape index (κ2) is 4.99. The third-order valence-corrected chi connectivity index (χ3v) is 5.21. The van der Waals surface area contributed by atoms with Crippen LogP contribution >= 0.6 is 15.9 Å². The van der Waals surface area contributed by atoms with Crippen LogP contribution < -0.4 is 5.32 Å². The monoisotopic (exact) mass is 343 g/mol. The number of hydrogen-bond donors (Lipinski definition) is 1. The predicted octanol–water partition coefficient (Wildman–Crippen LogP) is 5.41. The van der Waals surface area contributed by atoms with Crippen LogP contribution in [0.3, 0.4) is 0 Å². The van der Waals surface area contributed by atoms with Crippen LogP contribution in [0, 0.1) is 11.7 Å². The van der Waals surface area contributed by atoms with E-state index in [-0.39, 0.29) is 11.9 Å². The van der Waals surface area contributed by atoms with E-state index in [0.29, 0.717) is 11.8 Å². The Hall–Kier alpha value is -1.61. The summed E-state index contributed by atoms with van der Waals surface area (Å²) in [4.78, 5) is 0. The molecule has 0 radical (unpaired) electrons. The van der Waals surface area contributed by atoms with Crippen molar-refractivity contribution >= 4 is 21.6 Å². The molecule has 4 rings (SSSR count). The molecule has 0 spiro atoms. The van der Waals surface area contributed by atoms with Crippen LogP contribution in [0.5, 0.6) is 0 Å². The minimum absolute atomic E-state index is 0.145. The molecule has 0 fully saturated rings. The highest BCUT2D eigenvalue weighted by atomic mass is 79.9. The lowest BCUT2D eigenvalue weighted by atomic mass is 9.77.